The molecular weight excluding hydrogens is 232 g/mol. The molecule has 18 heavy (non-hydrogen) atoms. The molecule has 0 N–H and O–H groups in total. The van der Waals surface area contributed by atoms with Crippen LogP contribution >= 0.6 is 0 Å². The molecule has 0 radical (unpaired) electrons. The average Bonchev–Trinajstić information content (AvgIpc) is 2.35. The van der Waals surface area contributed by atoms with Crippen LogP contribution in [0.5, 0.6) is 0 Å². The Labute approximate surface area is 106 Å². The molecule has 0 spiro atoms. The Morgan fingerprint density at radius 3 is 2.67 bits per heavy atom. The summed E-state index contributed by atoms with van der Waals surface area (Å²) in [6, 6.07) is 4.65. The highest BCUT2D eigenvalue weighted by Crippen LogP contribution is 2.26. The van der Waals surface area contributed by atoms with E-state index in [1.165, 1.54) is 19.1 Å². The number of carbonyl (C=O) groups excluding carboxylic acids is 1. The predicted octanol–water partition coefficient (Wildman–Crippen LogP) is 2.81. The molecule has 0 aromatic heterocycles. The summed E-state index contributed by atoms with van der Waals surface area (Å²) in [7, 11) is 0. The van der Waals surface area contributed by atoms with E-state index in [2.05, 4.69) is 6.58 Å². The maximum absolute atomic E-state index is 11.3. The fourth-order valence-electron chi connectivity index (χ4n) is 1.74. The Hall–Kier alpha value is -2.17. The molecule has 0 amide bonds. The molecule has 0 aliphatic carbocycles. The molecule has 0 unspecified atom stereocenters. The van der Waals surface area contributed by atoms with E-state index in [1.807, 2.05) is 11.8 Å². The highest BCUT2D eigenvalue weighted by Gasteiger charge is 2.19. The Kier molecular flexibility index (Phi) is 4.59. The van der Waals surface area contributed by atoms with Crippen LogP contribution in [0.15, 0.2) is 30.9 Å². The van der Waals surface area contributed by atoms with Gasteiger partial charge in [0.15, 0.2) is 5.78 Å². The number of hydrogen-bond acceptors (Lipinski definition) is 4. The number of likely N-dealkylation sites (N-methyl/N-ethyl adjacent to an activating group) is 1. The summed E-state index contributed by atoms with van der Waals surface area (Å²) in [5, 5.41) is 11.0. The standard InChI is InChI=1S/C13H16N2O3/c1-4-8-14(5-2)11-6-7-12(10(3)16)13(9-11)15(17)18/h4,6-7,9H,1,5,8H2,2-3H3. The second-order valence-electron chi connectivity index (χ2n) is 3.84. The molecule has 5 heteroatoms. The molecule has 0 saturated carbocycles. The summed E-state index contributed by atoms with van der Waals surface area (Å²) in [6.07, 6.45) is 1.73. The Morgan fingerprint density at radius 2 is 2.22 bits per heavy atom. The van der Waals surface area contributed by atoms with Crippen LogP contribution in [0, 0.1) is 10.1 Å². The van der Waals surface area contributed by atoms with E-state index in [0.29, 0.717) is 18.8 Å². The van der Waals surface area contributed by atoms with E-state index < -0.39 is 4.92 Å². The van der Waals surface area contributed by atoms with E-state index in [1.54, 1.807) is 12.1 Å². The lowest BCUT2D eigenvalue weighted by molar-refractivity contribution is -0.385. The normalized spacial score (nSPS) is 9.89. The highest BCUT2D eigenvalue weighted by atomic mass is 16.6. The third-order valence-corrected chi connectivity index (χ3v) is 2.65. The predicted molar refractivity (Wildman–Crippen MR) is 71.2 cm³/mol. The number of nitrogens with zero attached hydrogens (tertiary/aromatic N) is 2. The van der Waals surface area contributed by atoms with Gasteiger partial charge in [0.1, 0.15) is 0 Å². The van der Waals surface area contributed by atoms with Gasteiger partial charge in [-0.3, -0.25) is 14.9 Å². The molecule has 0 atom stereocenters. The molecule has 0 aliphatic rings. The second-order valence-corrected chi connectivity index (χ2v) is 3.84. The molecule has 1 aromatic rings. The molecule has 1 aromatic carbocycles. The minimum atomic E-state index is -0.526. The topological polar surface area (TPSA) is 63.5 Å². The monoisotopic (exact) mass is 248 g/mol. The van der Waals surface area contributed by atoms with Crippen LogP contribution in [-0.4, -0.2) is 23.8 Å². The summed E-state index contributed by atoms with van der Waals surface area (Å²) in [4.78, 5) is 23.7. The zero-order chi connectivity index (χ0) is 13.7. The summed E-state index contributed by atoms with van der Waals surface area (Å²) in [6.45, 7) is 8.24. The van der Waals surface area contributed by atoms with Crippen molar-refractivity contribution in [2.24, 2.45) is 0 Å². The zero-order valence-corrected chi connectivity index (χ0v) is 10.5. The van der Waals surface area contributed by atoms with Crippen LogP contribution < -0.4 is 4.90 Å². The molecule has 5 nitrogen and oxygen atoms in total. The van der Waals surface area contributed by atoms with Gasteiger partial charge in [-0.05, 0) is 26.0 Å². The fourth-order valence-corrected chi connectivity index (χ4v) is 1.74. The van der Waals surface area contributed by atoms with E-state index in [0.717, 1.165) is 0 Å². The average molecular weight is 248 g/mol. The Bertz CT molecular complexity index is 483. The van der Waals surface area contributed by atoms with Gasteiger partial charge in [0.05, 0.1) is 10.5 Å². The van der Waals surface area contributed by atoms with Crippen LogP contribution in [-0.2, 0) is 0 Å². The number of rotatable bonds is 6. The van der Waals surface area contributed by atoms with Gasteiger partial charge in [-0.15, -0.1) is 6.58 Å². The van der Waals surface area contributed by atoms with Crippen molar-refractivity contribution in [2.45, 2.75) is 13.8 Å². The third kappa shape index (κ3) is 2.94. The number of Topliss-reactive ketones (excluding diaryl/α,β-unsaturated/α-hetero) is 1. The van der Waals surface area contributed by atoms with Crippen molar-refractivity contribution in [3.05, 3.63) is 46.5 Å². The van der Waals surface area contributed by atoms with E-state index in [-0.39, 0.29) is 17.0 Å². The van der Waals surface area contributed by atoms with Crippen LogP contribution in [0.2, 0.25) is 0 Å². The summed E-state index contributed by atoms with van der Waals surface area (Å²) in [5.41, 5.74) is 0.704. The van der Waals surface area contributed by atoms with Gasteiger partial charge in [-0.25, -0.2) is 0 Å². The first-order valence-electron chi connectivity index (χ1n) is 5.66. The Morgan fingerprint density at radius 1 is 1.56 bits per heavy atom. The van der Waals surface area contributed by atoms with Gasteiger partial charge < -0.3 is 4.90 Å². The van der Waals surface area contributed by atoms with Gasteiger partial charge in [0, 0.05) is 24.8 Å². The number of hydrogen-bond donors (Lipinski definition) is 0. The molecule has 0 aliphatic heterocycles. The molecule has 96 valence electrons. The summed E-state index contributed by atoms with van der Waals surface area (Å²) >= 11 is 0. The lowest BCUT2D eigenvalue weighted by atomic mass is 10.1. The quantitative estimate of drug-likeness (QED) is 0.336. The van der Waals surface area contributed by atoms with Crippen molar-refractivity contribution in [1.82, 2.24) is 0 Å². The van der Waals surface area contributed by atoms with Crippen LogP contribution in [0.4, 0.5) is 11.4 Å². The van der Waals surface area contributed by atoms with Gasteiger partial charge in [0.25, 0.3) is 5.69 Å². The number of carbonyl (C=O) groups is 1. The first kappa shape index (κ1) is 13.9. The third-order valence-electron chi connectivity index (χ3n) is 2.65. The smallest absolute Gasteiger partial charge is 0.282 e. The number of ketones is 1. The van der Waals surface area contributed by atoms with Crippen molar-refractivity contribution >= 4 is 17.2 Å². The van der Waals surface area contributed by atoms with Crippen LogP contribution in [0.3, 0.4) is 0 Å². The number of anilines is 1. The van der Waals surface area contributed by atoms with Crippen LogP contribution in [0.1, 0.15) is 24.2 Å². The fraction of sp³-hybridized carbons (Fsp3) is 0.308. The first-order chi connectivity index (χ1) is 8.51. The van der Waals surface area contributed by atoms with Crippen LogP contribution in [0.25, 0.3) is 0 Å². The summed E-state index contributed by atoms with van der Waals surface area (Å²) < 4.78 is 0. The SMILES string of the molecule is C=CCN(CC)c1ccc(C(C)=O)c([N+](=O)[O-])c1. The van der Waals surface area contributed by atoms with Crippen molar-refractivity contribution in [2.75, 3.05) is 18.0 Å². The van der Waals surface area contributed by atoms with E-state index >= 15 is 0 Å². The molecule has 1 rings (SSSR count). The maximum atomic E-state index is 11.3. The van der Waals surface area contributed by atoms with Gasteiger partial charge in [-0.1, -0.05) is 6.08 Å². The van der Waals surface area contributed by atoms with Crippen molar-refractivity contribution in [1.29, 1.82) is 0 Å². The Balaban J connectivity index is 3.25. The zero-order valence-electron chi connectivity index (χ0n) is 10.5. The number of nitro groups is 1. The van der Waals surface area contributed by atoms with E-state index in [4.69, 9.17) is 0 Å². The molecule has 0 fully saturated rings. The lowest BCUT2D eigenvalue weighted by Crippen LogP contribution is -2.22. The number of nitro benzene ring substituents is 1. The highest BCUT2D eigenvalue weighted by molar-refractivity contribution is 5.98. The second kappa shape index (κ2) is 5.95. The molecule has 0 bridgehead atoms. The minimum absolute atomic E-state index is 0.137. The molecule has 0 heterocycles. The van der Waals surface area contributed by atoms with E-state index in [9.17, 15) is 14.9 Å². The minimum Gasteiger partial charge on any atom is -0.368 e. The molecular formula is C13H16N2O3. The molecule has 0 saturated heterocycles. The van der Waals surface area contributed by atoms with Crippen molar-refractivity contribution in [3.63, 3.8) is 0 Å². The summed E-state index contributed by atoms with van der Waals surface area (Å²) in [5.74, 6) is -0.306. The number of benzene rings is 1. The lowest BCUT2D eigenvalue weighted by Gasteiger charge is -2.21. The largest absolute Gasteiger partial charge is 0.368 e. The van der Waals surface area contributed by atoms with Crippen molar-refractivity contribution in [3.8, 4) is 0 Å². The van der Waals surface area contributed by atoms with Gasteiger partial charge in [0.2, 0.25) is 0 Å². The van der Waals surface area contributed by atoms with Gasteiger partial charge in [-0.2, -0.15) is 0 Å². The first-order valence-corrected chi connectivity index (χ1v) is 5.66. The van der Waals surface area contributed by atoms with Crippen molar-refractivity contribution < 1.29 is 9.72 Å². The van der Waals surface area contributed by atoms with Gasteiger partial charge >= 0.3 is 0 Å². The maximum Gasteiger partial charge on any atom is 0.282 e.